The minimum Gasteiger partial charge on any atom is -0.480 e. The summed E-state index contributed by atoms with van der Waals surface area (Å²) in [6.45, 7) is 5.47. The van der Waals surface area contributed by atoms with Gasteiger partial charge in [-0.05, 0) is 29.8 Å². The van der Waals surface area contributed by atoms with Gasteiger partial charge in [0.15, 0.2) is 36.6 Å². The van der Waals surface area contributed by atoms with Gasteiger partial charge in [-0.25, -0.2) is 0 Å². The van der Waals surface area contributed by atoms with Gasteiger partial charge in [-0.2, -0.15) is 5.11 Å². The van der Waals surface area contributed by atoms with Gasteiger partial charge in [-0.1, -0.05) is 29.5 Å². The van der Waals surface area contributed by atoms with Crippen molar-refractivity contribution in [3.05, 3.63) is 60.2 Å². The Hall–Kier alpha value is -4.56. The van der Waals surface area contributed by atoms with Crippen molar-refractivity contribution in [2.45, 2.75) is 26.6 Å². The van der Waals surface area contributed by atoms with Crippen molar-refractivity contribution in [2.24, 2.45) is 10.3 Å². The lowest BCUT2D eigenvalue weighted by Gasteiger charge is -2.19. The lowest BCUT2D eigenvalue weighted by molar-refractivity contribution is -0.756. The Morgan fingerprint density at radius 2 is 1.67 bits per heavy atom. The molecule has 14 nitrogen and oxygen atoms in total. The van der Waals surface area contributed by atoms with Gasteiger partial charge in [0.05, 0.1) is 50.4 Å². The maximum Gasteiger partial charge on any atom is 0.262 e. The van der Waals surface area contributed by atoms with Gasteiger partial charge in [-0.3, -0.25) is 14.6 Å². The lowest BCUT2D eigenvalue weighted by Crippen LogP contribution is -2.38. The van der Waals surface area contributed by atoms with Crippen molar-refractivity contribution in [1.82, 2.24) is 25.5 Å². The number of aromatic nitrogens is 3. The third-order valence-corrected chi connectivity index (χ3v) is 6.47. The standard InChI is InChI=1S/C28H34N8O6/c1-2-36-24-16-29-27(37)19-41-25-13-21-5-3-4-6-22(21)14-26(25)42-20-28(38)31-23-15-30-32-34(17-23)7-9-39-11-12-40-10-8-35(18-24)33-36/h3-6,13-14,17-18H,2,7-12,15-16,19-20H2,1H3,(H-,29,31,37,38)/p+1. The Bertz CT molecular complexity index is 1460. The van der Waals surface area contributed by atoms with Crippen molar-refractivity contribution in [1.29, 1.82) is 0 Å². The smallest absolute Gasteiger partial charge is 0.262 e. The van der Waals surface area contributed by atoms with Crippen LogP contribution in [0.5, 0.6) is 11.5 Å². The summed E-state index contributed by atoms with van der Waals surface area (Å²) < 4.78 is 26.7. The maximum atomic E-state index is 12.7. The highest BCUT2D eigenvalue weighted by Gasteiger charge is 2.18. The van der Waals surface area contributed by atoms with Crippen LogP contribution in [0.25, 0.3) is 10.8 Å². The third kappa shape index (κ3) is 8.01. The van der Waals surface area contributed by atoms with Gasteiger partial charge >= 0.3 is 0 Å². The van der Waals surface area contributed by atoms with E-state index in [9.17, 15) is 9.59 Å². The topological polar surface area (TPSA) is 145 Å². The molecule has 222 valence electrons. The Kier molecular flexibility index (Phi) is 9.90. The van der Waals surface area contributed by atoms with Crippen LogP contribution in [-0.4, -0.2) is 79.4 Å². The highest BCUT2D eigenvalue weighted by Crippen LogP contribution is 2.32. The van der Waals surface area contributed by atoms with Crippen LogP contribution in [0.4, 0.5) is 0 Å². The first-order valence-electron chi connectivity index (χ1n) is 13.9. The fraction of sp³-hybridized carbons (Fsp3) is 0.429. The zero-order valence-electron chi connectivity index (χ0n) is 23.5. The molecule has 0 saturated carbocycles. The van der Waals surface area contributed by atoms with Gasteiger partial charge in [0.2, 0.25) is 0 Å². The largest absolute Gasteiger partial charge is 0.480 e. The zero-order valence-corrected chi connectivity index (χ0v) is 23.5. The van der Waals surface area contributed by atoms with Gasteiger partial charge in [0.1, 0.15) is 19.6 Å². The van der Waals surface area contributed by atoms with Gasteiger partial charge in [0, 0.05) is 6.20 Å². The van der Waals surface area contributed by atoms with E-state index in [2.05, 4.69) is 26.2 Å². The number of nitrogens with one attached hydrogen (secondary N) is 2. The first kappa shape index (κ1) is 29.0. The molecular weight excluding hydrogens is 544 g/mol. The molecule has 3 aromatic rings. The molecule has 42 heavy (non-hydrogen) atoms. The molecule has 0 fully saturated rings. The fourth-order valence-electron chi connectivity index (χ4n) is 4.39. The molecule has 0 aliphatic carbocycles. The molecule has 0 saturated heterocycles. The summed E-state index contributed by atoms with van der Waals surface area (Å²) in [5.41, 5.74) is 1.44. The van der Waals surface area contributed by atoms with E-state index in [1.54, 1.807) is 28.0 Å². The molecule has 1 aromatic heterocycles. The SMILES string of the molecule is CCn1n[n+]2cc1CNC(=O)COc1cc3ccccc3cc1OCC(=O)NC1=CN(CCOCCOCC2)N=NC1. The molecule has 0 atom stereocenters. The van der Waals surface area contributed by atoms with Crippen LogP contribution in [0.3, 0.4) is 0 Å². The first-order chi connectivity index (χ1) is 20.6. The number of nitrogens with zero attached hydrogens (tertiary/aromatic N) is 6. The Labute approximate surface area is 242 Å². The van der Waals surface area contributed by atoms with Crippen molar-refractivity contribution in [2.75, 3.05) is 52.7 Å². The number of carbonyl (C=O) groups is 2. The second kappa shape index (κ2) is 14.4. The molecule has 0 radical (unpaired) electrons. The van der Waals surface area contributed by atoms with E-state index in [-0.39, 0.29) is 38.1 Å². The second-order valence-corrected chi connectivity index (χ2v) is 9.57. The number of hydrogen-bond donors (Lipinski definition) is 2. The van der Waals surface area contributed by atoms with E-state index in [1.807, 2.05) is 42.1 Å². The van der Waals surface area contributed by atoms with E-state index in [1.165, 1.54) is 0 Å². The molecule has 4 bridgehead atoms. The number of carbonyl (C=O) groups excluding carboxylic acids is 2. The average molecular weight is 580 g/mol. The van der Waals surface area contributed by atoms with Crippen LogP contribution < -0.4 is 24.8 Å². The molecule has 5 rings (SSSR count). The van der Waals surface area contributed by atoms with Crippen LogP contribution in [0.1, 0.15) is 12.6 Å². The van der Waals surface area contributed by atoms with Crippen LogP contribution in [0.15, 0.2) is 64.8 Å². The predicted octanol–water partition coefficient (Wildman–Crippen LogP) is 1.10. The summed E-state index contributed by atoms with van der Waals surface area (Å²) in [5, 5.41) is 21.8. The summed E-state index contributed by atoms with van der Waals surface area (Å²) in [6.07, 6.45) is 3.61. The third-order valence-electron chi connectivity index (χ3n) is 6.47. The van der Waals surface area contributed by atoms with E-state index < -0.39 is 0 Å². The zero-order chi connectivity index (χ0) is 29.1. The van der Waals surface area contributed by atoms with Crippen LogP contribution in [0, 0.1) is 0 Å². The minimum atomic E-state index is -0.362. The van der Waals surface area contributed by atoms with Crippen molar-refractivity contribution in [3.8, 4) is 11.5 Å². The summed E-state index contributed by atoms with van der Waals surface area (Å²) in [4.78, 5) is 25.5. The number of amides is 2. The maximum absolute atomic E-state index is 12.7. The lowest BCUT2D eigenvalue weighted by atomic mass is 10.1. The first-order valence-corrected chi connectivity index (χ1v) is 13.9. The summed E-state index contributed by atoms with van der Waals surface area (Å²) in [7, 11) is 0. The van der Waals surface area contributed by atoms with E-state index in [0.29, 0.717) is 63.3 Å². The Balaban J connectivity index is 1.31. The van der Waals surface area contributed by atoms with Crippen molar-refractivity contribution >= 4 is 22.6 Å². The molecule has 2 aromatic carbocycles. The molecule has 2 N–H and O–H groups in total. The molecule has 2 amide bonds. The van der Waals surface area contributed by atoms with Crippen LogP contribution >= 0.6 is 0 Å². The number of hydrogen-bond acceptors (Lipinski definition) is 10. The number of fused-ring (bicyclic) bond motifs is 5. The van der Waals surface area contributed by atoms with Crippen molar-refractivity contribution < 1.29 is 33.2 Å². The monoisotopic (exact) mass is 579 g/mol. The number of rotatable bonds is 1. The van der Waals surface area contributed by atoms with E-state index >= 15 is 0 Å². The second-order valence-electron chi connectivity index (χ2n) is 9.57. The molecule has 14 heteroatoms. The highest BCUT2D eigenvalue weighted by molar-refractivity contribution is 5.87. The van der Waals surface area contributed by atoms with E-state index in [0.717, 1.165) is 16.5 Å². The molecule has 2 aliphatic heterocycles. The van der Waals surface area contributed by atoms with Gasteiger partial charge < -0.3 is 29.6 Å². The normalized spacial score (nSPS) is 17.9. The van der Waals surface area contributed by atoms with Crippen LogP contribution in [0.2, 0.25) is 0 Å². The molecular formula is C28H35N8O6+. The minimum absolute atomic E-state index is 0.231. The molecule has 3 heterocycles. The number of ether oxygens (including phenoxy) is 4. The molecule has 0 spiro atoms. The van der Waals surface area contributed by atoms with Gasteiger partial charge in [0.25, 0.3) is 11.8 Å². The Morgan fingerprint density at radius 3 is 2.40 bits per heavy atom. The summed E-state index contributed by atoms with van der Waals surface area (Å²) in [6, 6.07) is 11.3. The molecule has 0 unspecified atom stereocenters. The predicted molar refractivity (Wildman–Crippen MR) is 149 cm³/mol. The fourth-order valence-corrected chi connectivity index (χ4v) is 4.39. The highest BCUT2D eigenvalue weighted by atomic mass is 16.5. The van der Waals surface area contributed by atoms with Crippen LogP contribution in [-0.2, 0) is 38.7 Å². The number of aryl methyl sites for hydroxylation is 1. The Morgan fingerprint density at radius 1 is 0.952 bits per heavy atom. The molecule has 2 aliphatic rings. The quantitative estimate of drug-likeness (QED) is 0.408. The van der Waals surface area contributed by atoms with E-state index in [4.69, 9.17) is 18.9 Å². The van der Waals surface area contributed by atoms with Crippen molar-refractivity contribution in [3.63, 3.8) is 0 Å². The summed E-state index contributed by atoms with van der Waals surface area (Å²) in [5.74, 6) is 0.0407. The number of benzene rings is 2. The van der Waals surface area contributed by atoms with Gasteiger partial charge in [-0.15, -0.1) is 9.36 Å². The average Bonchev–Trinajstić information content (AvgIpc) is 3.40. The summed E-state index contributed by atoms with van der Waals surface area (Å²) >= 11 is 0.